The lowest BCUT2D eigenvalue weighted by Crippen LogP contribution is -2.42. The second-order valence-electron chi connectivity index (χ2n) is 14.5. The molecule has 17 nitrogen and oxygen atoms in total. The van der Waals surface area contributed by atoms with E-state index >= 15 is 0 Å². The zero-order valence-electron chi connectivity index (χ0n) is 37.2. The Morgan fingerprint density at radius 2 is 1.02 bits per heavy atom. The first kappa shape index (κ1) is 50.0. The van der Waals surface area contributed by atoms with Gasteiger partial charge < -0.3 is 45.2 Å². The van der Waals surface area contributed by atoms with Crippen molar-refractivity contribution in [3.05, 3.63) is 84.9 Å². The van der Waals surface area contributed by atoms with Crippen LogP contribution >= 0.6 is 44.3 Å². The smallest absolute Gasteiger partial charge is 0.410 e. The molecule has 6 rings (SSSR count). The molecule has 350 valence electrons. The first-order valence-corrected chi connectivity index (χ1v) is 25.5. The number of hydrogen-bond acceptors (Lipinski definition) is 17. The van der Waals surface area contributed by atoms with E-state index in [4.69, 9.17) is 9.47 Å². The predicted molar refractivity (Wildman–Crippen MR) is 265 cm³/mol. The van der Waals surface area contributed by atoms with Gasteiger partial charge in [0.05, 0.1) is 53.7 Å². The first-order chi connectivity index (χ1) is 32.3. The zero-order valence-corrected chi connectivity index (χ0v) is 40.4. The summed E-state index contributed by atoms with van der Waals surface area (Å²) in [7, 11) is 6.43. The maximum atomic E-state index is 13.3. The molecule has 0 bridgehead atoms. The van der Waals surface area contributed by atoms with E-state index < -0.39 is 0 Å². The number of thiazole rings is 2. The number of carbonyl (C=O) groups is 2. The molecule has 0 unspecified atom stereocenters. The van der Waals surface area contributed by atoms with Crippen LogP contribution in [0.25, 0.3) is 20.4 Å². The fourth-order valence-corrected chi connectivity index (χ4v) is 10.6. The maximum Gasteiger partial charge on any atom is 0.410 e. The van der Waals surface area contributed by atoms with E-state index in [1.54, 1.807) is 35.8 Å². The number of aliphatic hydroxyl groups excluding tert-OH is 3. The Balaban J connectivity index is 0.979. The van der Waals surface area contributed by atoms with Crippen LogP contribution in [0.1, 0.15) is 13.3 Å². The van der Waals surface area contributed by atoms with Gasteiger partial charge in [-0.15, -0.1) is 0 Å². The third-order valence-electron chi connectivity index (χ3n) is 10.0. The highest BCUT2D eigenvalue weighted by atomic mass is 33.1. The van der Waals surface area contributed by atoms with Crippen molar-refractivity contribution in [2.24, 2.45) is 20.5 Å². The highest BCUT2D eigenvalue weighted by molar-refractivity contribution is 8.76. The Morgan fingerprint density at radius 1 is 0.606 bits per heavy atom. The van der Waals surface area contributed by atoms with Crippen LogP contribution in [0.2, 0.25) is 0 Å². The number of hydrogen-bond donors (Lipinski definition) is 5. The summed E-state index contributed by atoms with van der Waals surface area (Å²) < 4.78 is 16.5. The van der Waals surface area contributed by atoms with Crippen LogP contribution in [-0.2, 0) is 22.7 Å². The Labute approximate surface area is 399 Å². The molecule has 0 saturated carbocycles. The Bertz CT molecular complexity index is 2370. The number of aromatic nitrogens is 2. The van der Waals surface area contributed by atoms with E-state index in [9.17, 15) is 24.9 Å². The molecule has 0 spiro atoms. The molecule has 0 atom stereocenters. The fraction of sp³-hybridized carbons (Fsp3) is 0.378. The van der Waals surface area contributed by atoms with Crippen molar-refractivity contribution in [1.29, 1.82) is 0 Å². The fourth-order valence-electron chi connectivity index (χ4n) is 6.82. The lowest BCUT2D eigenvalue weighted by atomic mass is 10.2. The number of rotatable bonds is 27. The van der Waals surface area contributed by atoms with Crippen molar-refractivity contribution in [2.75, 3.05) is 94.6 Å². The monoisotopic (exact) mass is 976 g/mol. The molecule has 0 aliphatic rings. The van der Waals surface area contributed by atoms with Crippen LogP contribution in [0.15, 0.2) is 105 Å². The molecule has 6 aromatic rings. The summed E-state index contributed by atoms with van der Waals surface area (Å²) in [6.45, 7) is 5.33. The number of amides is 2. The summed E-state index contributed by atoms with van der Waals surface area (Å²) in [4.78, 5) is 30.5. The summed E-state index contributed by atoms with van der Waals surface area (Å²) in [5, 5.41) is 53.5. The molecule has 2 amide bonds. The van der Waals surface area contributed by atoms with Gasteiger partial charge in [-0.05, 0) is 112 Å². The van der Waals surface area contributed by atoms with Gasteiger partial charge in [0, 0.05) is 74.3 Å². The molecule has 66 heavy (non-hydrogen) atoms. The molecule has 4 aromatic carbocycles. The second kappa shape index (κ2) is 26.1. The van der Waals surface area contributed by atoms with Gasteiger partial charge in [0.15, 0.2) is 13.1 Å². The largest absolute Gasteiger partial charge is 0.497 e. The van der Waals surface area contributed by atoms with Crippen LogP contribution in [0.3, 0.4) is 0 Å². The quantitative estimate of drug-likeness (QED) is 0.0156. The van der Waals surface area contributed by atoms with Crippen molar-refractivity contribution in [2.45, 2.75) is 26.4 Å². The highest BCUT2D eigenvalue weighted by Crippen LogP contribution is 2.32. The number of benzene rings is 4. The van der Waals surface area contributed by atoms with Crippen LogP contribution in [0.4, 0.5) is 33.0 Å². The maximum absolute atomic E-state index is 13.3. The van der Waals surface area contributed by atoms with Gasteiger partial charge in [-0.1, -0.05) is 28.5 Å². The SMILES string of the molecule is CCCN(CCO)c1ccc(N=Nc2sc3ccc(OC)cc3[n+]2CC(=O)NCCSSCCNC(=O)C[n+]2c(N=Nc3ccc(N(CCO)CCO)cc3)sc3ccc(OC)cc32)cc1. The topological polar surface area (TPSA) is 201 Å². The summed E-state index contributed by atoms with van der Waals surface area (Å²) in [5.41, 5.74) is 4.77. The summed E-state index contributed by atoms with van der Waals surface area (Å²) in [6.07, 6.45) is 0.968. The summed E-state index contributed by atoms with van der Waals surface area (Å²) in [6, 6.07) is 26.5. The van der Waals surface area contributed by atoms with Gasteiger partial charge in [0.2, 0.25) is 0 Å². The third kappa shape index (κ3) is 14.0. The molecule has 2 heterocycles. The van der Waals surface area contributed by atoms with Gasteiger partial charge in [0.25, 0.3) is 11.8 Å². The second-order valence-corrected chi connectivity index (χ2v) is 19.3. The number of methoxy groups -OCH3 is 2. The average molecular weight is 977 g/mol. The van der Waals surface area contributed by atoms with E-state index in [-0.39, 0.29) is 44.7 Å². The minimum absolute atomic E-state index is 0.0286. The van der Waals surface area contributed by atoms with E-state index in [0.29, 0.717) is 77.4 Å². The number of aliphatic hydroxyl groups is 3. The van der Waals surface area contributed by atoms with E-state index in [1.165, 1.54) is 22.7 Å². The molecule has 0 fully saturated rings. The van der Waals surface area contributed by atoms with Gasteiger partial charge in [-0.2, -0.15) is 0 Å². The van der Waals surface area contributed by atoms with Gasteiger partial charge in [-0.25, -0.2) is 9.13 Å². The normalized spacial score (nSPS) is 11.5. The number of nitrogens with one attached hydrogen (secondary N) is 2. The van der Waals surface area contributed by atoms with E-state index in [2.05, 4.69) is 42.9 Å². The molecule has 0 radical (unpaired) electrons. The van der Waals surface area contributed by atoms with Crippen molar-refractivity contribution >= 4 is 110 Å². The Morgan fingerprint density at radius 3 is 1.39 bits per heavy atom. The van der Waals surface area contributed by atoms with Crippen molar-refractivity contribution in [1.82, 2.24) is 10.6 Å². The van der Waals surface area contributed by atoms with Gasteiger partial charge in [0.1, 0.15) is 33.9 Å². The highest BCUT2D eigenvalue weighted by Gasteiger charge is 2.24. The van der Waals surface area contributed by atoms with E-state index in [1.807, 2.05) is 99.0 Å². The minimum Gasteiger partial charge on any atom is -0.497 e. The Hall–Kier alpha value is -5.42. The number of anilines is 2. The minimum atomic E-state index is -0.171. The number of nitrogens with zero attached hydrogens (tertiary/aromatic N) is 8. The van der Waals surface area contributed by atoms with Gasteiger partial charge in [-0.3, -0.25) is 9.59 Å². The lowest BCUT2D eigenvalue weighted by molar-refractivity contribution is -0.642. The zero-order chi connectivity index (χ0) is 46.7. The Kier molecular flexibility index (Phi) is 19.7. The van der Waals surface area contributed by atoms with Crippen LogP contribution in [-0.4, -0.2) is 112 Å². The molecule has 0 aliphatic carbocycles. The van der Waals surface area contributed by atoms with Crippen molar-refractivity contribution in [3.8, 4) is 11.5 Å². The third-order valence-corrected chi connectivity index (χ3v) is 14.5. The van der Waals surface area contributed by atoms with Crippen LogP contribution in [0.5, 0.6) is 11.5 Å². The lowest BCUT2D eigenvalue weighted by Gasteiger charge is -2.23. The summed E-state index contributed by atoms with van der Waals surface area (Å²) in [5.74, 6) is 2.34. The number of fused-ring (bicyclic) bond motifs is 2. The van der Waals surface area contributed by atoms with Crippen molar-refractivity contribution in [3.63, 3.8) is 0 Å². The standard InChI is InChI=1S/C45H54N10O7S4/c1-4-19-52(20-23-56)34-9-5-32(6-10-34)48-50-44-54(38-28-36(61-2)13-15-40(38)65-44)30-42(59)46-17-26-63-64-27-18-47-43(60)31-55-39-29-37(62-3)14-16-41(39)66-45(55)51-49-33-7-11-35(12-8-33)53(21-24-57)22-25-58/h5-16,28-29,56-58H,4,17-27,30-31H2,1-3H3/p+2. The molecule has 2 aromatic heterocycles. The first-order valence-electron chi connectivity index (χ1n) is 21.4. The van der Waals surface area contributed by atoms with E-state index in [0.717, 1.165) is 44.8 Å². The summed E-state index contributed by atoms with van der Waals surface area (Å²) >= 11 is 2.86. The molecular weight excluding hydrogens is 921 g/mol. The molecule has 21 heteroatoms. The average Bonchev–Trinajstić information content (AvgIpc) is 3.86. The molecular formula is C45H56N10O7S4+2. The number of carbonyl (C=O) groups excluding carboxylic acids is 2. The van der Waals surface area contributed by atoms with Crippen LogP contribution in [0, 0.1) is 0 Å². The van der Waals surface area contributed by atoms with Crippen LogP contribution < -0.4 is 39.0 Å². The molecule has 0 aliphatic heterocycles. The van der Waals surface area contributed by atoms with Crippen molar-refractivity contribution < 1.29 is 43.5 Å². The van der Waals surface area contributed by atoms with Gasteiger partial charge >= 0.3 is 10.3 Å². The number of ether oxygens (including phenoxy) is 2. The molecule has 5 N–H and O–H groups in total. The predicted octanol–water partition coefficient (Wildman–Crippen LogP) is 6.85. The molecule has 0 saturated heterocycles. The number of azo groups is 2.